The summed E-state index contributed by atoms with van der Waals surface area (Å²) in [5.41, 5.74) is 14.3. The summed E-state index contributed by atoms with van der Waals surface area (Å²) in [4.78, 5) is 0. The number of para-hydroxylation sites is 1. The van der Waals surface area contributed by atoms with Gasteiger partial charge < -0.3 is 5.32 Å². The Bertz CT molecular complexity index is 2700. The number of nitrogens with one attached hydrogen (secondary N) is 1. The monoisotopic (exact) mass is 661 g/mol. The van der Waals surface area contributed by atoms with Gasteiger partial charge in [0.05, 0.1) is 5.41 Å². The van der Waals surface area contributed by atoms with Crippen LogP contribution in [-0.4, -0.2) is 0 Å². The molecular formula is C51H35N. The van der Waals surface area contributed by atoms with E-state index in [1.54, 1.807) is 0 Å². The summed E-state index contributed by atoms with van der Waals surface area (Å²) in [5.74, 6) is 0. The summed E-state index contributed by atoms with van der Waals surface area (Å²) < 4.78 is 0. The van der Waals surface area contributed by atoms with Gasteiger partial charge in [0.2, 0.25) is 0 Å². The first-order valence-electron chi connectivity index (χ1n) is 18.0. The third-order valence-electron chi connectivity index (χ3n) is 10.9. The van der Waals surface area contributed by atoms with Gasteiger partial charge in [0, 0.05) is 16.9 Å². The molecule has 0 amide bonds. The Morgan fingerprint density at radius 1 is 0.327 bits per heavy atom. The lowest BCUT2D eigenvalue weighted by molar-refractivity contribution is 0.769. The second-order valence-corrected chi connectivity index (χ2v) is 13.7. The van der Waals surface area contributed by atoms with Crippen LogP contribution in [0.15, 0.2) is 206 Å². The fraction of sp³-hybridized carbons (Fsp3) is 0.0196. The number of fused-ring (bicyclic) bond motifs is 6. The lowest BCUT2D eigenvalue weighted by atomic mass is 9.67. The molecule has 0 unspecified atom stereocenters. The Hall–Kier alpha value is -6.70. The minimum atomic E-state index is -0.414. The first-order valence-corrected chi connectivity index (χ1v) is 18.0. The number of rotatable bonds is 6. The summed E-state index contributed by atoms with van der Waals surface area (Å²) in [6.45, 7) is 0. The molecule has 0 saturated carbocycles. The Labute approximate surface area is 304 Å². The van der Waals surface area contributed by atoms with Crippen molar-refractivity contribution in [3.8, 4) is 33.4 Å². The molecule has 0 atom stereocenters. The maximum atomic E-state index is 3.77. The SMILES string of the molecule is c1ccc(C2(c3ccccc3)c3ccccc3-c3ccc(-c4ccc(Nc5ccccc5-c5cc6ccccc6c6ccccc56)cc4)cc32)cc1. The second-order valence-electron chi connectivity index (χ2n) is 13.7. The first-order chi connectivity index (χ1) is 25.8. The smallest absolute Gasteiger partial charge is 0.0713 e. The quantitative estimate of drug-likeness (QED) is 0.175. The number of hydrogen-bond acceptors (Lipinski definition) is 1. The number of benzene rings is 9. The van der Waals surface area contributed by atoms with Crippen molar-refractivity contribution in [2.24, 2.45) is 0 Å². The van der Waals surface area contributed by atoms with E-state index in [1.165, 1.54) is 77.2 Å². The minimum Gasteiger partial charge on any atom is -0.355 e. The normalized spacial score (nSPS) is 12.8. The van der Waals surface area contributed by atoms with Crippen LogP contribution >= 0.6 is 0 Å². The van der Waals surface area contributed by atoms with Gasteiger partial charge in [-0.3, -0.25) is 0 Å². The molecule has 1 N–H and O–H groups in total. The fourth-order valence-electron chi connectivity index (χ4n) is 8.63. The second kappa shape index (κ2) is 12.3. The lowest BCUT2D eigenvalue weighted by Gasteiger charge is -2.34. The minimum absolute atomic E-state index is 0.414. The maximum absolute atomic E-state index is 3.77. The highest BCUT2D eigenvalue weighted by molar-refractivity contribution is 6.14. The molecule has 0 aromatic heterocycles. The van der Waals surface area contributed by atoms with Crippen LogP contribution < -0.4 is 5.32 Å². The van der Waals surface area contributed by atoms with Gasteiger partial charge in [0.15, 0.2) is 0 Å². The van der Waals surface area contributed by atoms with Crippen molar-refractivity contribution in [1.29, 1.82) is 0 Å². The molecule has 10 rings (SSSR count). The Morgan fingerprint density at radius 2 is 0.885 bits per heavy atom. The molecule has 52 heavy (non-hydrogen) atoms. The Balaban J connectivity index is 1.05. The molecule has 0 saturated heterocycles. The molecule has 1 aliphatic rings. The van der Waals surface area contributed by atoms with Crippen molar-refractivity contribution < 1.29 is 0 Å². The largest absolute Gasteiger partial charge is 0.355 e. The van der Waals surface area contributed by atoms with Crippen molar-refractivity contribution in [1.82, 2.24) is 0 Å². The number of hydrogen-bond donors (Lipinski definition) is 1. The van der Waals surface area contributed by atoms with E-state index in [4.69, 9.17) is 0 Å². The van der Waals surface area contributed by atoms with Crippen LogP contribution in [0.1, 0.15) is 22.3 Å². The van der Waals surface area contributed by atoms with Gasteiger partial charge in [-0.25, -0.2) is 0 Å². The van der Waals surface area contributed by atoms with Crippen LogP contribution in [0.25, 0.3) is 54.9 Å². The van der Waals surface area contributed by atoms with Crippen molar-refractivity contribution in [3.63, 3.8) is 0 Å². The Kier molecular flexibility index (Phi) is 7.11. The lowest BCUT2D eigenvalue weighted by Crippen LogP contribution is -2.28. The van der Waals surface area contributed by atoms with Crippen molar-refractivity contribution in [2.45, 2.75) is 5.41 Å². The third kappa shape index (κ3) is 4.71. The van der Waals surface area contributed by atoms with Crippen LogP contribution in [0.5, 0.6) is 0 Å². The zero-order valence-corrected chi connectivity index (χ0v) is 28.6. The van der Waals surface area contributed by atoms with E-state index >= 15 is 0 Å². The molecule has 0 heterocycles. The third-order valence-corrected chi connectivity index (χ3v) is 10.9. The van der Waals surface area contributed by atoms with Crippen LogP contribution in [0.3, 0.4) is 0 Å². The molecule has 9 aromatic carbocycles. The van der Waals surface area contributed by atoms with E-state index in [9.17, 15) is 0 Å². The molecule has 9 aromatic rings. The molecule has 0 spiro atoms. The highest BCUT2D eigenvalue weighted by atomic mass is 14.9. The molecule has 0 fully saturated rings. The van der Waals surface area contributed by atoms with Gasteiger partial charge in [-0.15, -0.1) is 0 Å². The molecule has 0 bridgehead atoms. The van der Waals surface area contributed by atoms with Gasteiger partial charge in [-0.05, 0) is 102 Å². The molecule has 244 valence electrons. The maximum Gasteiger partial charge on any atom is 0.0713 e. The standard InChI is InChI=1S/C51H35N/c1-3-16-38(17-4-1)51(39-18-5-2-6-19-39)48-25-13-11-23-44(48)45-32-29-36(34-49(45)51)35-27-30-40(31-28-35)52-50-26-14-12-24-46(50)47-33-37-15-7-8-20-41(37)42-21-9-10-22-43(42)47/h1-34,52H. The number of anilines is 2. The van der Waals surface area contributed by atoms with Crippen molar-refractivity contribution >= 4 is 32.9 Å². The topological polar surface area (TPSA) is 12.0 Å². The first kappa shape index (κ1) is 30.2. The zero-order chi connectivity index (χ0) is 34.5. The highest BCUT2D eigenvalue weighted by Gasteiger charge is 2.46. The molecule has 0 aliphatic heterocycles. The summed E-state index contributed by atoms with van der Waals surface area (Å²) in [5, 5.41) is 8.83. The van der Waals surface area contributed by atoms with Gasteiger partial charge in [0.25, 0.3) is 0 Å². The van der Waals surface area contributed by atoms with Gasteiger partial charge in [-0.1, -0.05) is 176 Å². The fourth-order valence-corrected chi connectivity index (χ4v) is 8.63. The van der Waals surface area contributed by atoms with E-state index in [0.29, 0.717) is 0 Å². The molecular weight excluding hydrogens is 627 g/mol. The summed E-state index contributed by atoms with van der Waals surface area (Å²) in [6, 6.07) is 75.2. The Morgan fingerprint density at radius 3 is 1.63 bits per heavy atom. The zero-order valence-electron chi connectivity index (χ0n) is 28.6. The van der Waals surface area contributed by atoms with Crippen molar-refractivity contribution in [2.75, 3.05) is 5.32 Å². The van der Waals surface area contributed by atoms with E-state index < -0.39 is 5.41 Å². The predicted octanol–water partition coefficient (Wildman–Crippen LogP) is 13.4. The average molecular weight is 662 g/mol. The summed E-state index contributed by atoms with van der Waals surface area (Å²) in [7, 11) is 0. The van der Waals surface area contributed by atoms with Gasteiger partial charge in [0.1, 0.15) is 0 Å². The molecule has 1 heteroatoms. The van der Waals surface area contributed by atoms with Gasteiger partial charge in [-0.2, -0.15) is 0 Å². The van der Waals surface area contributed by atoms with E-state index in [0.717, 1.165) is 11.4 Å². The van der Waals surface area contributed by atoms with E-state index in [2.05, 4.69) is 212 Å². The molecule has 1 nitrogen and oxygen atoms in total. The van der Waals surface area contributed by atoms with Crippen LogP contribution in [0, 0.1) is 0 Å². The molecule has 0 radical (unpaired) electrons. The van der Waals surface area contributed by atoms with Crippen molar-refractivity contribution in [3.05, 3.63) is 229 Å². The van der Waals surface area contributed by atoms with Gasteiger partial charge >= 0.3 is 0 Å². The highest BCUT2D eigenvalue weighted by Crippen LogP contribution is 2.56. The van der Waals surface area contributed by atoms with Crippen LogP contribution in [-0.2, 0) is 5.41 Å². The molecule has 1 aliphatic carbocycles. The summed E-state index contributed by atoms with van der Waals surface area (Å²) >= 11 is 0. The van der Waals surface area contributed by atoms with Crippen LogP contribution in [0.2, 0.25) is 0 Å². The summed E-state index contributed by atoms with van der Waals surface area (Å²) in [6.07, 6.45) is 0. The average Bonchev–Trinajstić information content (AvgIpc) is 3.52. The predicted molar refractivity (Wildman–Crippen MR) is 219 cm³/mol. The van der Waals surface area contributed by atoms with E-state index in [1.807, 2.05) is 0 Å². The van der Waals surface area contributed by atoms with E-state index in [-0.39, 0.29) is 0 Å². The van der Waals surface area contributed by atoms with Crippen LogP contribution in [0.4, 0.5) is 11.4 Å².